The van der Waals surface area contributed by atoms with Crippen LogP contribution in [0.1, 0.15) is 75.8 Å². The number of nitrogens with zero attached hydrogens (tertiary/aromatic N) is 2. The highest BCUT2D eigenvalue weighted by molar-refractivity contribution is 5.59. The van der Waals surface area contributed by atoms with E-state index in [1.807, 2.05) is 27.8 Å². The number of rotatable bonds is 3. The van der Waals surface area contributed by atoms with Gasteiger partial charge < -0.3 is 5.32 Å². The molecule has 1 aromatic heterocycles. The van der Waals surface area contributed by atoms with Crippen LogP contribution in [0.15, 0.2) is 0 Å². The van der Waals surface area contributed by atoms with Crippen LogP contribution in [0.3, 0.4) is 0 Å². The van der Waals surface area contributed by atoms with Gasteiger partial charge in [0, 0.05) is 18.3 Å². The molecule has 0 radical (unpaired) electrons. The van der Waals surface area contributed by atoms with Crippen LogP contribution in [-0.4, -0.2) is 12.0 Å². The van der Waals surface area contributed by atoms with Gasteiger partial charge in [0.15, 0.2) is 0 Å². The van der Waals surface area contributed by atoms with Crippen LogP contribution in [0.2, 0.25) is 0 Å². The maximum Gasteiger partial charge on any atom is 0.130 e. The first kappa shape index (κ1) is 17.4. The van der Waals surface area contributed by atoms with Crippen LogP contribution in [-0.2, 0) is 0 Å². The molecule has 19 heavy (non-hydrogen) atoms. The van der Waals surface area contributed by atoms with E-state index in [2.05, 4.69) is 44.1 Å². The van der Waals surface area contributed by atoms with Crippen molar-refractivity contribution < 1.29 is 0 Å². The molecule has 3 nitrogen and oxygen atoms in total. The van der Waals surface area contributed by atoms with Crippen molar-refractivity contribution >= 4 is 5.82 Å². The van der Waals surface area contributed by atoms with Gasteiger partial charge in [-0.3, -0.25) is 0 Å². The Morgan fingerprint density at radius 2 is 1.63 bits per heavy atom. The van der Waals surface area contributed by atoms with Crippen molar-refractivity contribution in [1.29, 1.82) is 5.26 Å². The molecule has 0 atom stereocenters. The van der Waals surface area contributed by atoms with Crippen LogP contribution in [0.5, 0.6) is 0 Å². The number of hydrogen-bond donors (Lipinski definition) is 1. The lowest BCUT2D eigenvalue weighted by Gasteiger charge is -2.19. The van der Waals surface area contributed by atoms with E-state index in [-0.39, 0.29) is 0 Å². The highest BCUT2D eigenvalue weighted by Gasteiger charge is 2.19. The molecule has 0 aliphatic heterocycles. The second kappa shape index (κ2) is 7.78. The monoisotopic (exact) mass is 261 g/mol. The Hall–Kier alpha value is -1.56. The summed E-state index contributed by atoms with van der Waals surface area (Å²) in [6.45, 7) is 14.4. The molecule has 0 aliphatic rings. The van der Waals surface area contributed by atoms with Crippen molar-refractivity contribution in [1.82, 2.24) is 4.98 Å². The molecule has 0 aromatic carbocycles. The normalized spacial score (nSPS) is 9.95. The summed E-state index contributed by atoms with van der Waals surface area (Å²) in [5, 5.41) is 12.5. The quantitative estimate of drug-likeness (QED) is 0.866. The van der Waals surface area contributed by atoms with E-state index in [0.29, 0.717) is 11.8 Å². The standard InChI is InChI=1S/C14H21N3.C2H6/c1-8(2)12-11(7-15)10(5)13(9(3)4)17-14(12)16-6;1-2/h8-9H,1-6H3,(H,16,17);1-2H3. The number of hydrogen-bond acceptors (Lipinski definition) is 3. The van der Waals surface area contributed by atoms with Crippen LogP contribution in [0.25, 0.3) is 0 Å². The molecule has 0 amide bonds. The summed E-state index contributed by atoms with van der Waals surface area (Å²) in [5.41, 5.74) is 3.83. The Kier molecular flexibility index (Phi) is 7.14. The molecule has 0 saturated heterocycles. The zero-order chi connectivity index (χ0) is 15.2. The molecule has 0 saturated carbocycles. The van der Waals surface area contributed by atoms with Gasteiger partial charge in [-0.2, -0.15) is 5.26 Å². The Labute approximate surface area is 118 Å². The summed E-state index contributed by atoms with van der Waals surface area (Å²) in [6, 6.07) is 2.34. The summed E-state index contributed by atoms with van der Waals surface area (Å²) in [5.74, 6) is 1.46. The fraction of sp³-hybridized carbons (Fsp3) is 0.625. The molecular weight excluding hydrogens is 234 g/mol. The first-order valence-corrected chi connectivity index (χ1v) is 7.06. The largest absolute Gasteiger partial charge is 0.373 e. The third-order valence-corrected chi connectivity index (χ3v) is 2.99. The van der Waals surface area contributed by atoms with Gasteiger partial charge in [-0.1, -0.05) is 41.5 Å². The summed E-state index contributed by atoms with van der Waals surface area (Å²) < 4.78 is 0. The van der Waals surface area contributed by atoms with Crippen LogP contribution >= 0.6 is 0 Å². The van der Waals surface area contributed by atoms with E-state index in [4.69, 9.17) is 0 Å². The second-order valence-electron chi connectivity index (χ2n) is 4.93. The van der Waals surface area contributed by atoms with Crippen LogP contribution in [0, 0.1) is 18.3 Å². The van der Waals surface area contributed by atoms with Crippen molar-refractivity contribution in [3.8, 4) is 6.07 Å². The number of nitrogens with one attached hydrogen (secondary N) is 1. The van der Waals surface area contributed by atoms with Crippen LogP contribution < -0.4 is 5.32 Å². The maximum absolute atomic E-state index is 9.37. The molecule has 1 heterocycles. The highest BCUT2D eigenvalue weighted by Crippen LogP contribution is 2.32. The van der Waals surface area contributed by atoms with Gasteiger partial charge in [0.1, 0.15) is 5.82 Å². The maximum atomic E-state index is 9.37. The molecule has 106 valence electrons. The lowest BCUT2D eigenvalue weighted by atomic mass is 9.91. The minimum absolute atomic E-state index is 0.291. The van der Waals surface area contributed by atoms with Gasteiger partial charge in [-0.15, -0.1) is 0 Å². The predicted octanol–water partition coefficient (Wildman–Crippen LogP) is 4.58. The van der Waals surface area contributed by atoms with Crippen molar-refractivity contribution in [2.75, 3.05) is 12.4 Å². The molecular formula is C16H27N3. The van der Waals surface area contributed by atoms with E-state index in [1.54, 1.807) is 0 Å². The molecule has 0 fully saturated rings. The average molecular weight is 261 g/mol. The first-order valence-electron chi connectivity index (χ1n) is 7.06. The molecule has 0 unspecified atom stereocenters. The molecule has 1 aromatic rings. The summed E-state index contributed by atoms with van der Waals surface area (Å²) in [4.78, 5) is 4.66. The zero-order valence-electron chi connectivity index (χ0n) is 13.5. The van der Waals surface area contributed by atoms with Gasteiger partial charge >= 0.3 is 0 Å². The van der Waals surface area contributed by atoms with Gasteiger partial charge in [0.05, 0.1) is 11.6 Å². The average Bonchev–Trinajstić information content (AvgIpc) is 2.39. The minimum atomic E-state index is 0.291. The summed E-state index contributed by atoms with van der Waals surface area (Å²) in [6.07, 6.45) is 0. The molecule has 0 bridgehead atoms. The number of nitriles is 1. The van der Waals surface area contributed by atoms with E-state index in [1.165, 1.54) is 0 Å². The third-order valence-electron chi connectivity index (χ3n) is 2.99. The SMILES string of the molecule is CC.CNc1nc(C(C)C)c(C)c(C#N)c1C(C)C. The van der Waals surface area contributed by atoms with Crippen molar-refractivity contribution in [2.45, 2.75) is 60.3 Å². The Morgan fingerprint density at radius 3 is 1.95 bits per heavy atom. The fourth-order valence-corrected chi connectivity index (χ4v) is 2.17. The molecule has 3 heteroatoms. The lowest BCUT2D eigenvalue weighted by molar-refractivity contribution is 0.791. The smallest absolute Gasteiger partial charge is 0.130 e. The number of aromatic nitrogens is 1. The van der Waals surface area contributed by atoms with Crippen molar-refractivity contribution in [2.24, 2.45) is 0 Å². The van der Waals surface area contributed by atoms with E-state index in [0.717, 1.165) is 28.2 Å². The van der Waals surface area contributed by atoms with E-state index >= 15 is 0 Å². The summed E-state index contributed by atoms with van der Waals surface area (Å²) in [7, 11) is 1.86. The van der Waals surface area contributed by atoms with Crippen LogP contribution in [0.4, 0.5) is 5.82 Å². The fourth-order valence-electron chi connectivity index (χ4n) is 2.17. The molecule has 0 spiro atoms. The first-order chi connectivity index (χ1) is 8.93. The van der Waals surface area contributed by atoms with Crippen molar-refractivity contribution in [3.05, 3.63) is 22.4 Å². The van der Waals surface area contributed by atoms with Gasteiger partial charge in [0.25, 0.3) is 0 Å². The topological polar surface area (TPSA) is 48.7 Å². The molecule has 0 aliphatic carbocycles. The highest BCUT2D eigenvalue weighted by atomic mass is 15.0. The third kappa shape index (κ3) is 3.70. The molecule has 1 rings (SSSR count). The summed E-state index contributed by atoms with van der Waals surface area (Å²) >= 11 is 0. The molecule has 1 N–H and O–H groups in total. The van der Waals surface area contributed by atoms with E-state index in [9.17, 15) is 5.26 Å². The van der Waals surface area contributed by atoms with Gasteiger partial charge in [-0.05, 0) is 24.3 Å². The number of pyridine rings is 1. The van der Waals surface area contributed by atoms with Gasteiger partial charge in [-0.25, -0.2) is 4.98 Å². The Morgan fingerprint density at radius 1 is 1.11 bits per heavy atom. The minimum Gasteiger partial charge on any atom is -0.373 e. The lowest BCUT2D eigenvalue weighted by Crippen LogP contribution is -2.10. The second-order valence-corrected chi connectivity index (χ2v) is 4.93. The number of anilines is 1. The predicted molar refractivity (Wildman–Crippen MR) is 82.8 cm³/mol. The van der Waals surface area contributed by atoms with Crippen molar-refractivity contribution in [3.63, 3.8) is 0 Å². The Balaban J connectivity index is 0.00000154. The van der Waals surface area contributed by atoms with Gasteiger partial charge in [0.2, 0.25) is 0 Å². The zero-order valence-corrected chi connectivity index (χ0v) is 13.5. The Bertz CT molecular complexity index is 454. The van der Waals surface area contributed by atoms with E-state index < -0.39 is 0 Å².